The van der Waals surface area contributed by atoms with Crippen molar-refractivity contribution in [2.24, 2.45) is 7.05 Å². The zero-order valence-electron chi connectivity index (χ0n) is 10.7. The van der Waals surface area contributed by atoms with Crippen molar-refractivity contribution in [3.05, 3.63) is 60.4 Å². The summed E-state index contributed by atoms with van der Waals surface area (Å²) in [6, 6.07) is 13.9. The number of aromatic nitrogens is 1. The summed E-state index contributed by atoms with van der Waals surface area (Å²) in [6.45, 7) is 0. The molecule has 0 unspecified atom stereocenters. The summed E-state index contributed by atoms with van der Waals surface area (Å²) in [6.07, 6.45) is 0. The molecule has 1 heterocycles. The molecule has 0 aliphatic rings. The van der Waals surface area contributed by atoms with Gasteiger partial charge in [-0.3, -0.25) is 0 Å². The van der Waals surface area contributed by atoms with Crippen LogP contribution in [0, 0.1) is 5.82 Å². The van der Waals surface area contributed by atoms with Crippen molar-refractivity contribution in [2.45, 2.75) is 9.92 Å². The third-order valence-electron chi connectivity index (χ3n) is 3.31. The first kappa shape index (κ1) is 12.9. The van der Waals surface area contributed by atoms with Gasteiger partial charge < -0.3 is 4.57 Å². The van der Waals surface area contributed by atoms with E-state index in [1.54, 1.807) is 17.7 Å². The Kier molecular flexibility index (Phi) is 2.87. The van der Waals surface area contributed by atoms with E-state index in [-0.39, 0.29) is 9.92 Å². The number of rotatable bonds is 2. The summed E-state index contributed by atoms with van der Waals surface area (Å²) in [5.41, 5.74) is 0.841. The van der Waals surface area contributed by atoms with E-state index in [1.165, 1.54) is 12.1 Å². The Morgan fingerprint density at radius 2 is 1.65 bits per heavy atom. The lowest BCUT2D eigenvalue weighted by Gasteiger charge is -2.06. The lowest BCUT2D eigenvalue weighted by atomic mass is 10.2. The molecule has 1 aromatic heterocycles. The van der Waals surface area contributed by atoms with Crippen molar-refractivity contribution in [1.29, 1.82) is 0 Å². The van der Waals surface area contributed by atoms with Crippen LogP contribution in [-0.4, -0.2) is 13.0 Å². The first-order chi connectivity index (χ1) is 9.50. The highest BCUT2D eigenvalue weighted by Gasteiger charge is 2.22. The molecule has 20 heavy (non-hydrogen) atoms. The van der Waals surface area contributed by atoms with E-state index in [2.05, 4.69) is 0 Å². The molecule has 2 aromatic carbocycles. The molecule has 3 aromatic rings. The fourth-order valence-corrected chi connectivity index (χ4v) is 3.73. The highest BCUT2D eigenvalue weighted by molar-refractivity contribution is 7.91. The van der Waals surface area contributed by atoms with Crippen LogP contribution in [0.25, 0.3) is 10.9 Å². The number of hydrogen-bond acceptors (Lipinski definition) is 2. The highest BCUT2D eigenvalue weighted by Crippen LogP contribution is 2.26. The van der Waals surface area contributed by atoms with Crippen LogP contribution in [0.15, 0.2) is 64.5 Å². The SMILES string of the molecule is Cn1c(S(=O)(=O)c2ccc(F)cc2)cc2ccccc21. The first-order valence-electron chi connectivity index (χ1n) is 6.05. The number of hydrogen-bond donors (Lipinski definition) is 0. The summed E-state index contributed by atoms with van der Waals surface area (Å²) in [5, 5.41) is 1.06. The van der Waals surface area contributed by atoms with Crippen molar-refractivity contribution in [1.82, 2.24) is 4.57 Å². The Morgan fingerprint density at radius 1 is 1.00 bits per heavy atom. The molecule has 0 bridgehead atoms. The molecule has 0 aliphatic carbocycles. The number of sulfone groups is 1. The maximum absolute atomic E-state index is 12.9. The van der Waals surface area contributed by atoms with Crippen LogP contribution in [0.2, 0.25) is 0 Å². The van der Waals surface area contributed by atoms with Gasteiger partial charge in [0.1, 0.15) is 10.8 Å². The minimum absolute atomic E-state index is 0.0878. The molecular weight excluding hydrogens is 277 g/mol. The van der Waals surface area contributed by atoms with E-state index in [4.69, 9.17) is 0 Å². The summed E-state index contributed by atoms with van der Waals surface area (Å²) >= 11 is 0. The summed E-state index contributed by atoms with van der Waals surface area (Å²) in [4.78, 5) is 0.0878. The minimum atomic E-state index is -3.65. The molecule has 5 heteroatoms. The zero-order chi connectivity index (χ0) is 14.3. The molecule has 0 radical (unpaired) electrons. The van der Waals surface area contributed by atoms with Gasteiger partial charge in [0.15, 0.2) is 0 Å². The van der Waals surface area contributed by atoms with Gasteiger partial charge in [0.25, 0.3) is 0 Å². The molecule has 0 atom stereocenters. The molecule has 3 rings (SSSR count). The lowest BCUT2D eigenvalue weighted by molar-refractivity contribution is 0.586. The summed E-state index contributed by atoms with van der Waals surface area (Å²) in [7, 11) is -1.94. The monoisotopic (exact) mass is 289 g/mol. The molecule has 0 fully saturated rings. The van der Waals surface area contributed by atoms with Gasteiger partial charge in [0.05, 0.1) is 4.90 Å². The van der Waals surface area contributed by atoms with Crippen LogP contribution in [0.4, 0.5) is 4.39 Å². The van der Waals surface area contributed by atoms with Gasteiger partial charge in [-0.15, -0.1) is 0 Å². The van der Waals surface area contributed by atoms with Crippen molar-refractivity contribution in [2.75, 3.05) is 0 Å². The molecule has 0 saturated carbocycles. The smallest absolute Gasteiger partial charge is 0.222 e. The Labute approximate surface area is 116 Å². The quantitative estimate of drug-likeness (QED) is 0.680. The van der Waals surface area contributed by atoms with Crippen molar-refractivity contribution >= 4 is 20.7 Å². The first-order valence-corrected chi connectivity index (χ1v) is 7.53. The maximum Gasteiger partial charge on any atom is 0.222 e. The average molecular weight is 289 g/mol. The molecule has 0 spiro atoms. The van der Waals surface area contributed by atoms with E-state index >= 15 is 0 Å². The number of halogens is 1. The standard InChI is InChI=1S/C15H12FNO2S/c1-17-14-5-3-2-4-11(14)10-15(17)20(18,19)13-8-6-12(16)7-9-13/h2-10H,1H3. The van der Waals surface area contributed by atoms with Gasteiger partial charge >= 0.3 is 0 Å². The number of benzene rings is 2. The number of fused-ring (bicyclic) bond motifs is 1. The summed E-state index contributed by atoms with van der Waals surface area (Å²) < 4.78 is 39.7. The second-order valence-corrected chi connectivity index (χ2v) is 6.45. The Hall–Kier alpha value is -2.14. The fourth-order valence-electron chi connectivity index (χ4n) is 2.26. The second-order valence-electron chi connectivity index (χ2n) is 4.56. The number of para-hydroxylation sites is 1. The highest BCUT2D eigenvalue weighted by atomic mass is 32.2. The molecule has 0 saturated heterocycles. The predicted molar refractivity (Wildman–Crippen MR) is 74.8 cm³/mol. The van der Waals surface area contributed by atoms with Gasteiger partial charge in [0.2, 0.25) is 9.84 Å². The van der Waals surface area contributed by atoms with Gasteiger partial charge in [-0.05, 0) is 36.4 Å². The van der Waals surface area contributed by atoms with Crippen molar-refractivity contribution in [3.8, 4) is 0 Å². The van der Waals surface area contributed by atoms with Crippen LogP contribution in [0.5, 0.6) is 0 Å². The molecule has 0 N–H and O–H groups in total. The maximum atomic E-state index is 12.9. The predicted octanol–water partition coefficient (Wildman–Crippen LogP) is 3.15. The van der Waals surface area contributed by atoms with Gasteiger partial charge in [-0.1, -0.05) is 18.2 Å². The average Bonchev–Trinajstić information content (AvgIpc) is 2.78. The van der Waals surface area contributed by atoms with Crippen molar-refractivity contribution in [3.63, 3.8) is 0 Å². The normalized spacial score (nSPS) is 11.9. The van der Waals surface area contributed by atoms with Crippen LogP contribution >= 0.6 is 0 Å². The molecule has 102 valence electrons. The number of nitrogens with zero attached hydrogens (tertiary/aromatic N) is 1. The van der Waals surface area contributed by atoms with E-state index in [0.717, 1.165) is 23.0 Å². The minimum Gasteiger partial charge on any atom is -0.334 e. The molecule has 0 aliphatic heterocycles. The molecule has 3 nitrogen and oxygen atoms in total. The van der Waals surface area contributed by atoms with E-state index in [9.17, 15) is 12.8 Å². The topological polar surface area (TPSA) is 39.1 Å². The molecule has 0 amide bonds. The summed E-state index contributed by atoms with van der Waals surface area (Å²) in [5.74, 6) is -0.457. The second kappa shape index (κ2) is 4.45. The Balaban J connectivity index is 2.24. The largest absolute Gasteiger partial charge is 0.334 e. The van der Waals surface area contributed by atoms with Crippen LogP contribution in [-0.2, 0) is 16.9 Å². The van der Waals surface area contributed by atoms with Crippen LogP contribution in [0.3, 0.4) is 0 Å². The van der Waals surface area contributed by atoms with E-state index < -0.39 is 15.7 Å². The Bertz CT molecular complexity index is 880. The lowest BCUT2D eigenvalue weighted by Crippen LogP contribution is -2.07. The van der Waals surface area contributed by atoms with E-state index in [1.807, 2.05) is 24.3 Å². The number of aryl methyl sites for hydroxylation is 1. The third-order valence-corrected chi connectivity index (χ3v) is 5.14. The fraction of sp³-hybridized carbons (Fsp3) is 0.0667. The third kappa shape index (κ3) is 1.91. The van der Waals surface area contributed by atoms with Crippen LogP contribution < -0.4 is 0 Å². The van der Waals surface area contributed by atoms with Crippen LogP contribution in [0.1, 0.15) is 0 Å². The van der Waals surface area contributed by atoms with Gasteiger partial charge in [-0.2, -0.15) is 0 Å². The molecular formula is C15H12FNO2S. The van der Waals surface area contributed by atoms with Gasteiger partial charge in [-0.25, -0.2) is 12.8 Å². The van der Waals surface area contributed by atoms with Gasteiger partial charge in [0, 0.05) is 18.0 Å². The van der Waals surface area contributed by atoms with Crippen molar-refractivity contribution < 1.29 is 12.8 Å². The zero-order valence-corrected chi connectivity index (χ0v) is 11.6. The Morgan fingerprint density at radius 3 is 2.30 bits per heavy atom. The van der Waals surface area contributed by atoms with E-state index in [0.29, 0.717) is 0 Å².